The SMILES string of the molecule is Cc1nc(CC(=O)NC[C@@H](O)c2cc3ccccc3s2)cs1. The highest BCUT2D eigenvalue weighted by atomic mass is 32.1. The molecule has 2 aromatic heterocycles. The van der Waals surface area contributed by atoms with Gasteiger partial charge in [-0.2, -0.15) is 0 Å². The molecule has 0 saturated heterocycles. The second kappa shape index (κ2) is 6.56. The Bertz CT molecular complexity index is 761. The van der Waals surface area contributed by atoms with Crippen molar-refractivity contribution in [1.82, 2.24) is 10.3 Å². The van der Waals surface area contributed by atoms with E-state index in [1.807, 2.05) is 42.6 Å². The maximum atomic E-state index is 11.9. The molecule has 0 aliphatic carbocycles. The van der Waals surface area contributed by atoms with Gasteiger partial charge in [0, 0.05) is 21.5 Å². The lowest BCUT2D eigenvalue weighted by atomic mass is 10.2. The Morgan fingerprint density at radius 2 is 2.23 bits per heavy atom. The van der Waals surface area contributed by atoms with E-state index in [-0.39, 0.29) is 18.9 Å². The van der Waals surface area contributed by atoms with Crippen LogP contribution in [-0.2, 0) is 11.2 Å². The van der Waals surface area contributed by atoms with Crippen LogP contribution in [0.5, 0.6) is 0 Å². The van der Waals surface area contributed by atoms with Gasteiger partial charge in [-0.15, -0.1) is 22.7 Å². The molecule has 2 heterocycles. The van der Waals surface area contributed by atoms with Gasteiger partial charge in [0.25, 0.3) is 0 Å². The molecular formula is C16H16N2O2S2. The van der Waals surface area contributed by atoms with E-state index in [0.29, 0.717) is 0 Å². The smallest absolute Gasteiger partial charge is 0.226 e. The average molecular weight is 332 g/mol. The second-order valence-electron chi connectivity index (χ2n) is 5.04. The molecule has 2 N–H and O–H groups in total. The van der Waals surface area contributed by atoms with Crippen LogP contribution in [0.4, 0.5) is 0 Å². The molecule has 3 aromatic rings. The van der Waals surface area contributed by atoms with Crippen molar-refractivity contribution < 1.29 is 9.90 Å². The average Bonchev–Trinajstić information content (AvgIpc) is 3.10. The highest BCUT2D eigenvalue weighted by molar-refractivity contribution is 7.19. The second-order valence-corrected chi connectivity index (χ2v) is 7.22. The Morgan fingerprint density at radius 1 is 1.41 bits per heavy atom. The molecule has 0 fully saturated rings. The number of aromatic nitrogens is 1. The minimum Gasteiger partial charge on any atom is -0.386 e. The molecular weight excluding hydrogens is 316 g/mol. The van der Waals surface area contributed by atoms with Crippen LogP contribution in [0.25, 0.3) is 10.1 Å². The van der Waals surface area contributed by atoms with Gasteiger partial charge >= 0.3 is 0 Å². The summed E-state index contributed by atoms with van der Waals surface area (Å²) in [6.07, 6.45) is -0.428. The number of nitrogens with zero attached hydrogens (tertiary/aromatic N) is 1. The summed E-state index contributed by atoms with van der Waals surface area (Å²) in [4.78, 5) is 17.0. The van der Waals surface area contributed by atoms with Crippen LogP contribution in [0.3, 0.4) is 0 Å². The molecule has 6 heteroatoms. The van der Waals surface area contributed by atoms with Gasteiger partial charge in [0.15, 0.2) is 0 Å². The number of benzene rings is 1. The third-order valence-electron chi connectivity index (χ3n) is 3.27. The molecule has 0 bridgehead atoms. The van der Waals surface area contributed by atoms with Crippen molar-refractivity contribution in [2.24, 2.45) is 0 Å². The van der Waals surface area contributed by atoms with E-state index in [1.54, 1.807) is 11.3 Å². The summed E-state index contributed by atoms with van der Waals surface area (Å²) in [6, 6.07) is 9.97. The quantitative estimate of drug-likeness (QED) is 0.755. The number of amides is 1. The number of aliphatic hydroxyl groups excluding tert-OH is 1. The van der Waals surface area contributed by atoms with Gasteiger partial charge in [-0.05, 0) is 24.4 Å². The zero-order valence-electron chi connectivity index (χ0n) is 12.1. The van der Waals surface area contributed by atoms with Gasteiger partial charge in [-0.3, -0.25) is 4.79 Å². The lowest BCUT2D eigenvalue weighted by molar-refractivity contribution is -0.120. The number of aryl methyl sites for hydroxylation is 1. The van der Waals surface area contributed by atoms with Crippen LogP contribution >= 0.6 is 22.7 Å². The Labute approximate surface area is 136 Å². The summed E-state index contributed by atoms with van der Waals surface area (Å²) in [5.41, 5.74) is 0.774. The van der Waals surface area contributed by atoms with E-state index < -0.39 is 6.10 Å². The zero-order chi connectivity index (χ0) is 15.5. The number of carbonyl (C=O) groups is 1. The summed E-state index contributed by atoms with van der Waals surface area (Å²) < 4.78 is 1.14. The van der Waals surface area contributed by atoms with E-state index in [4.69, 9.17) is 0 Å². The number of carbonyl (C=O) groups excluding carboxylic acids is 1. The fourth-order valence-corrected chi connectivity index (χ4v) is 3.86. The Kier molecular flexibility index (Phi) is 4.52. The molecule has 4 nitrogen and oxygen atoms in total. The van der Waals surface area contributed by atoms with Crippen LogP contribution in [0.1, 0.15) is 21.7 Å². The van der Waals surface area contributed by atoms with Crippen molar-refractivity contribution in [1.29, 1.82) is 0 Å². The van der Waals surface area contributed by atoms with E-state index >= 15 is 0 Å². The minimum absolute atomic E-state index is 0.120. The number of aliphatic hydroxyl groups is 1. The van der Waals surface area contributed by atoms with Gasteiger partial charge in [-0.25, -0.2) is 4.98 Å². The first-order valence-electron chi connectivity index (χ1n) is 6.96. The lowest BCUT2D eigenvalue weighted by Crippen LogP contribution is -2.29. The van der Waals surface area contributed by atoms with Crippen molar-refractivity contribution in [2.75, 3.05) is 6.54 Å². The van der Waals surface area contributed by atoms with Gasteiger partial charge in [0.2, 0.25) is 5.91 Å². The van der Waals surface area contributed by atoms with Crippen LogP contribution in [0.15, 0.2) is 35.7 Å². The predicted molar refractivity (Wildman–Crippen MR) is 90.3 cm³/mol. The fourth-order valence-electron chi connectivity index (χ4n) is 2.19. The van der Waals surface area contributed by atoms with Gasteiger partial charge in [-0.1, -0.05) is 18.2 Å². The molecule has 0 unspecified atom stereocenters. The summed E-state index contributed by atoms with van der Waals surface area (Å²) in [5, 5.41) is 16.9. The van der Waals surface area contributed by atoms with E-state index in [1.165, 1.54) is 11.3 Å². The number of thiophene rings is 1. The number of hydrogen-bond acceptors (Lipinski definition) is 5. The monoisotopic (exact) mass is 332 g/mol. The van der Waals surface area contributed by atoms with Crippen molar-refractivity contribution in [3.05, 3.63) is 51.3 Å². The molecule has 0 radical (unpaired) electrons. The van der Waals surface area contributed by atoms with E-state index in [0.717, 1.165) is 25.7 Å². The minimum atomic E-state index is -0.682. The maximum Gasteiger partial charge on any atom is 0.226 e. The molecule has 1 atom stereocenters. The summed E-state index contributed by atoms with van der Waals surface area (Å²) in [6.45, 7) is 2.13. The number of nitrogens with one attached hydrogen (secondary N) is 1. The zero-order valence-corrected chi connectivity index (χ0v) is 13.7. The van der Waals surface area contributed by atoms with Crippen LogP contribution in [-0.4, -0.2) is 22.5 Å². The van der Waals surface area contributed by atoms with Crippen molar-refractivity contribution in [3.8, 4) is 0 Å². The van der Waals surface area contributed by atoms with Crippen molar-refractivity contribution >= 4 is 38.7 Å². The number of thiazole rings is 1. The Balaban J connectivity index is 1.57. The number of hydrogen-bond donors (Lipinski definition) is 2. The van der Waals surface area contributed by atoms with Gasteiger partial charge < -0.3 is 10.4 Å². The van der Waals surface area contributed by atoms with Gasteiger partial charge in [0.05, 0.1) is 17.1 Å². The standard InChI is InChI=1S/C16H16N2O2S2/c1-10-18-12(9-21-10)7-16(20)17-8-13(19)15-6-11-4-2-3-5-14(11)22-15/h2-6,9,13,19H,7-8H2,1H3,(H,17,20)/t13-/m1/s1. The van der Waals surface area contributed by atoms with Crippen molar-refractivity contribution in [3.63, 3.8) is 0 Å². The highest BCUT2D eigenvalue weighted by Crippen LogP contribution is 2.29. The Morgan fingerprint density at radius 3 is 2.95 bits per heavy atom. The van der Waals surface area contributed by atoms with E-state index in [9.17, 15) is 9.90 Å². The number of rotatable bonds is 5. The summed E-state index contributed by atoms with van der Waals surface area (Å²) in [7, 11) is 0. The first-order valence-corrected chi connectivity index (χ1v) is 8.65. The first kappa shape index (κ1) is 15.1. The normalized spacial score (nSPS) is 12.5. The predicted octanol–water partition coefficient (Wildman–Crippen LogP) is 3.06. The molecule has 0 saturated carbocycles. The summed E-state index contributed by atoms with van der Waals surface area (Å²) >= 11 is 3.08. The third-order valence-corrected chi connectivity index (χ3v) is 5.31. The molecule has 0 spiro atoms. The Hall–Kier alpha value is -1.76. The van der Waals surface area contributed by atoms with Crippen LogP contribution in [0.2, 0.25) is 0 Å². The molecule has 3 rings (SSSR count). The van der Waals surface area contributed by atoms with Gasteiger partial charge in [0.1, 0.15) is 6.10 Å². The largest absolute Gasteiger partial charge is 0.386 e. The molecule has 22 heavy (non-hydrogen) atoms. The maximum absolute atomic E-state index is 11.9. The lowest BCUT2D eigenvalue weighted by Gasteiger charge is -2.09. The van der Waals surface area contributed by atoms with Crippen LogP contribution in [0, 0.1) is 6.92 Å². The topological polar surface area (TPSA) is 62.2 Å². The third kappa shape index (κ3) is 3.52. The molecule has 114 valence electrons. The number of fused-ring (bicyclic) bond motifs is 1. The molecule has 0 aliphatic heterocycles. The van der Waals surface area contributed by atoms with Crippen LogP contribution < -0.4 is 5.32 Å². The molecule has 1 aromatic carbocycles. The van der Waals surface area contributed by atoms with Crippen molar-refractivity contribution in [2.45, 2.75) is 19.4 Å². The summed E-state index contributed by atoms with van der Waals surface area (Å²) in [5.74, 6) is -0.120. The molecule has 0 aliphatic rings. The highest BCUT2D eigenvalue weighted by Gasteiger charge is 2.13. The van der Waals surface area contributed by atoms with E-state index in [2.05, 4.69) is 10.3 Å². The molecule has 1 amide bonds. The first-order chi connectivity index (χ1) is 10.6. The fraction of sp³-hybridized carbons (Fsp3) is 0.250.